The molecule has 0 radical (unpaired) electrons. The van der Waals surface area contributed by atoms with E-state index in [1.165, 1.54) is 53.8 Å². The molecule has 10 nitrogen and oxygen atoms in total. The summed E-state index contributed by atoms with van der Waals surface area (Å²) in [5.74, 6) is 0.643. The third-order valence-corrected chi connectivity index (χ3v) is 8.08. The van der Waals surface area contributed by atoms with Crippen molar-refractivity contribution >= 4 is 45.1 Å². The maximum absolute atomic E-state index is 13.1. The lowest BCUT2D eigenvalue weighted by Gasteiger charge is -2.14. The molecule has 3 aromatic carbocycles. The van der Waals surface area contributed by atoms with E-state index in [0.717, 1.165) is 6.26 Å². The van der Waals surface area contributed by atoms with Crippen molar-refractivity contribution in [2.75, 3.05) is 11.6 Å². The summed E-state index contributed by atoms with van der Waals surface area (Å²) < 4.78 is 46.5. The average Bonchev–Trinajstić information content (AvgIpc) is 3.31. The smallest absolute Gasteiger partial charge is 0.356 e. The van der Waals surface area contributed by atoms with Gasteiger partial charge >= 0.3 is 7.60 Å². The number of thiazole rings is 1. The Bertz CT molecular complexity index is 1640. The Labute approximate surface area is 229 Å². The molecule has 0 spiro atoms. The van der Waals surface area contributed by atoms with Gasteiger partial charge in [-0.05, 0) is 62.4 Å². The van der Waals surface area contributed by atoms with Gasteiger partial charge in [0.15, 0.2) is 15.0 Å². The van der Waals surface area contributed by atoms with Crippen LogP contribution >= 0.6 is 18.9 Å². The maximum atomic E-state index is 13.1. The highest BCUT2D eigenvalue weighted by Crippen LogP contribution is 2.34. The van der Waals surface area contributed by atoms with Crippen LogP contribution in [0.4, 0.5) is 5.13 Å². The van der Waals surface area contributed by atoms with Crippen molar-refractivity contribution in [2.24, 2.45) is 0 Å². The van der Waals surface area contributed by atoms with Crippen LogP contribution in [0, 0.1) is 0 Å². The van der Waals surface area contributed by atoms with Crippen molar-refractivity contribution in [3.8, 4) is 28.5 Å². The highest BCUT2D eigenvalue weighted by molar-refractivity contribution is 7.90. The van der Waals surface area contributed by atoms with Crippen LogP contribution < -0.4 is 20.1 Å². The summed E-state index contributed by atoms with van der Waals surface area (Å²) in [5, 5.41) is 4.69. The van der Waals surface area contributed by atoms with Crippen molar-refractivity contribution < 1.29 is 37.0 Å². The summed E-state index contributed by atoms with van der Waals surface area (Å²) in [4.78, 5) is 36.2. The molecule has 0 atom stereocenters. The van der Waals surface area contributed by atoms with Crippen molar-refractivity contribution in [3.63, 3.8) is 0 Å². The SMILES string of the molecule is CC(C)Oc1cc(Oc2ccc(S(C)(=O)=O)cc2)cc(C(=O)Nc2nc(-c3ccc(P(=O)(O)O)cc3)cs2)c1. The average molecular weight is 589 g/mol. The van der Waals surface area contributed by atoms with Gasteiger partial charge in [0.25, 0.3) is 5.91 Å². The Kier molecular flexibility index (Phi) is 8.24. The minimum atomic E-state index is -4.35. The third-order valence-electron chi connectivity index (χ3n) is 5.23. The number of hydrogen-bond donors (Lipinski definition) is 3. The molecule has 4 rings (SSSR count). The van der Waals surface area contributed by atoms with E-state index in [-0.39, 0.29) is 21.9 Å². The molecular formula is C26H25N2O8PS2. The molecule has 1 aromatic heterocycles. The van der Waals surface area contributed by atoms with E-state index in [4.69, 9.17) is 9.47 Å². The summed E-state index contributed by atoms with van der Waals surface area (Å²) in [7, 11) is -7.69. The van der Waals surface area contributed by atoms with Crippen molar-refractivity contribution in [1.82, 2.24) is 4.98 Å². The summed E-state index contributed by atoms with van der Waals surface area (Å²) >= 11 is 1.19. The summed E-state index contributed by atoms with van der Waals surface area (Å²) in [5.41, 5.74) is 1.42. The number of ether oxygens (including phenoxy) is 2. The maximum Gasteiger partial charge on any atom is 0.356 e. The van der Waals surface area contributed by atoms with E-state index in [2.05, 4.69) is 10.3 Å². The number of nitrogens with zero attached hydrogens (tertiary/aromatic N) is 1. The summed E-state index contributed by atoms with van der Waals surface area (Å²) in [6.45, 7) is 3.70. The second-order valence-electron chi connectivity index (χ2n) is 8.79. The first-order valence-corrected chi connectivity index (χ1v) is 15.9. The molecule has 0 aliphatic rings. The molecule has 4 aromatic rings. The fraction of sp³-hybridized carbons (Fsp3) is 0.154. The van der Waals surface area contributed by atoms with E-state index in [1.54, 1.807) is 29.6 Å². The topological polar surface area (TPSA) is 152 Å². The Morgan fingerprint density at radius 3 is 2.21 bits per heavy atom. The van der Waals surface area contributed by atoms with Crippen molar-refractivity contribution in [1.29, 1.82) is 0 Å². The second kappa shape index (κ2) is 11.3. The minimum absolute atomic E-state index is 0.0946. The number of carbonyl (C=O) groups excluding carboxylic acids is 1. The van der Waals surface area contributed by atoms with Gasteiger partial charge in [-0.1, -0.05) is 12.1 Å². The lowest BCUT2D eigenvalue weighted by atomic mass is 10.2. The number of anilines is 1. The molecule has 0 saturated carbocycles. The molecule has 0 bridgehead atoms. The van der Waals surface area contributed by atoms with Crippen molar-refractivity contribution in [2.45, 2.75) is 24.8 Å². The first-order chi connectivity index (χ1) is 18.3. The van der Waals surface area contributed by atoms with Crippen LogP contribution in [0.1, 0.15) is 24.2 Å². The first-order valence-electron chi connectivity index (χ1n) is 11.5. The van der Waals surface area contributed by atoms with Gasteiger partial charge in [0, 0.05) is 28.8 Å². The molecule has 0 aliphatic heterocycles. The zero-order valence-corrected chi connectivity index (χ0v) is 23.6. The minimum Gasteiger partial charge on any atom is -0.491 e. The quantitative estimate of drug-likeness (QED) is 0.233. The van der Waals surface area contributed by atoms with E-state index in [0.29, 0.717) is 33.6 Å². The van der Waals surface area contributed by atoms with Gasteiger partial charge in [-0.15, -0.1) is 11.3 Å². The molecule has 204 valence electrons. The number of nitrogens with one attached hydrogen (secondary N) is 1. The number of hydrogen-bond acceptors (Lipinski definition) is 8. The lowest BCUT2D eigenvalue weighted by molar-refractivity contribution is 0.102. The van der Waals surface area contributed by atoms with Crippen LogP contribution in [0.2, 0.25) is 0 Å². The molecule has 1 heterocycles. The predicted molar refractivity (Wildman–Crippen MR) is 149 cm³/mol. The monoisotopic (exact) mass is 588 g/mol. The normalized spacial score (nSPS) is 11.8. The van der Waals surface area contributed by atoms with Crippen LogP contribution in [0.25, 0.3) is 11.3 Å². The zero-order chi connectivity index (χ0) is 28.4. The summed E-state index contributed by atoms with van der Waals surface area (Å²) in [6, 6.07) is 16.4. The van der Waals surface area contributed by atoms with Gasteiger partial charge < -0.3 is 19.3 Å². The molecule has 39 heavy (non-hydrogen) atoms. The van der Waals surface area contributed by atoms with Crippen LogP contribution in [0.3, 0.4) is 0 Å². The van der Waals surface area contributed by atoms with E-state index in [1.807, 2.05) is 13.8 Å². The zero-order valence-electron chi connectivity index (χ0n) is 21.1. The second-order valence-corrected chi connectivity index (χ2v) is 13.3. The van der Waals surface area contributed by atoms with Crippen LogP contribution in [0.5, 0.6) is 17.2 Å². The Morgan fingerprint density at radius 1 is 0.974 bits per heavy atom. The fourth-order valence-electron chi connectivity index (χ4n) is 3.45. The van der Waals surface area contributed by atoms with Crippen LogP contribution in [-0.4, -0.2) is 41.5 Å². The van der Waals surface area contributed by atoms with E-state index >= 15 is 0 Å². The standard InChI is InChI=1S/C26H25N2O8PS2/c1-16(2)35-20-12-18(13-21(14-20)36-19-6-10-23(11-7-19)39(3,33)34)25(29)28-26-27-24(15-38-26)17-4-8-22(9-5-17)37(30,31)32/h4-16H,1-3H3,(H,27,28,29)(H2,30,31,32). The molecule has 0 unspecified atom stereocenters. The predicted octanol–water partition coefficient (Wildman–Crippen LogP) is 4.85. The molecule has 0 aliphatic carbocycles. The number of amides is 1. The summed E-state index contributed by atoms with van der Waals surface area (Å²) in [6.07, 6.45) is 0.956. The lowest BCUT2D eigenvalue weighted by Crippen LogP contribution is -2.13. The molecule has 0 saturated heterocycles. The molecule has 3 N–H and O–H groups in total. The largest absolute Gasteiger partial charge is 0.491 e. The molecule has 0 fully saturated rings. The number of rotatable bonds is 9. The third kappa shape index (κ3) is 7.53. The molecule has 1 amide bonds. The first kappa shape index (κ1) is 28.5. The van der Waals surface area contributed by atoms with Crippen molar-refractivity contribution in [3.05, 3.63) is 77.7 Å². The van der Waals surface area contributed by atoms with Gasteiger partial charge in [-0.3, -0.25) is 14.7 Å². The van der Waals surface area contributed by atoms with Crippen LogP contribution in [-0.2, 0) is 14.4 Å². The highest BCUT2D eigenvalue weighted by atomic mass is 32.2. The van der Waals surface area contributed by atoms with E-state index < -0.39 is 23.3 Å². The number of sulfone groups is 1. The molecule has 13 heteroatoms. The Morgan fingerprint density at radius 2 is 1.62 bits per heavy atom. The van der Waals surface area contributed by atoms with Gasteiger partial charge in [0.2, 0.25) is 0 Å². The van der Waals surface area contributed by atoms with Gasteiger partial charge in [-0.2, -0.15) is 0 Å². The van der Waals surface area contributed by atoms with E-state index in [9.17, 15) is 27.6 Å². The van der Waals surface area contributed by atoms with Gasteiger partial charge in [-0.25, -0.2) is 13.4 Å². The number of benzene rings is 3. The Hall–Kier alpha value is -3.54. The number of aromatic nitrogens is 1. The van der Waals surface area contributed by atoms with Crippen LogP contribution in [0.15, 0.2) is 77.0 Å². The fourth-order valence-corrected chi connectivity index (χ4v) is 5.33. The van der Waals surface area contributed by atoms with Gasteiger partial charge in [0.05, 0.1) is 22.0 Å². The van der Waals surface area contributed by atoms with Gasteiger partial charge in [0.1, 0.15) is 17.2 Å². The number of carbonyl (C=O) groups is 1. The highest BCUT2D eigenvalue weighted by Gasteiger charge is 2.18. The molecular weight excluding hydrogens is 563 g/mol. The Balaban J connectivity index is 1.54.